The lowest BCUT2D eigenvalue weighted by Gasteiger charge is -2.10. The number of aromatic nitrogens is 4. The van der Waals surface area contributed by atoms with E-state index in [0.29, 0.717) is 6.54 Å². The van der Waals surface area contributed by atoms with Gasteiger partial charge in [-0.3, -0.25) is 4.79 Å². The molecule has 2 aromatic heterocycles. The molecular weight excluding hydrogens is 530 g/mol. The first-order chi connectivity index (χ1) is 14.5. The molecule has 0 fully saturated rings. The monoisotopic (exact) mass is 545 g/mol. The highest BCUT2D eigenvalue weighted by Gasteiger charge is 2.14. The Morgan fingerprint density at radius 2 is 1.87 bits per heavy atom. The number of halogens is 2. The van der Waals surface area contributed by atoms with E-state index in [1.165, 1.54) is 18.1 Å². The highest BCUT2D eigenvalue weighted by atomic mass is 79.9. The van der Waals surface area contributed by atoms with Gasteiger partial charge in [-0.25, -0.2) is 14.6 Å². The van der Waals surface area contributed by atoms with Crippen molar-refractivity contribution in [2.45, 2.75) is 18.5 Å². The molecule has 0 aliphatic rings. The van der Waals surface area contributed by atoms with Crippen LogP contribution in [0.25, 0.3) is 11.0 Å². The van der Waals surface area contributed by atoms with Gasteiger partial charge in [0.2, 0.25) is 5.91 Å². The molecule has 0 atom stereocenters. The first-order valence-electron chi connectivity index (χ1n) is 9.10. The molecule has 152 valence electrons. The summed E-state index contributed by atoms with van der Waals surface area (Å²) in [5.41, 5.74) is 3.71. The summed E-state index contributed by atoms with van der Waals surface area (Å²) in [5.74, 6) is 0.108. The highest BCUT2D eigenvalue weighted by molar-refractivity contribution is 9.11. The van der Waals surface area contributed by atoms with Crippen molar-refractivity contribution in [3.8, 4) is 0 Å². The number of aryl methyl sites for hydroxylation is 1. The average molecular weight is 547 g/mol. The van der Waals surface area contributed by atoms with Crippen molar-refractivity contribution in [2.24, 2.45) is 0 Å². The van der Waals surface area contributed by atoms with Gasteiger partial charge in [0.15, 0.2) is 5.65 Å². The molecule has 0 radical (unpaired) electrons. The Morgan fingerprint density at radius 3 is 2.60 bits per heavy atom. The van der Waals surface area contributed by atoms with Crippen molar-refractivity contribution in [3.05, 3.63) is 75.1 Å². The van der Waals surface area contributed by atoms with E-state index >= 15 is 0 Å². The summed E-state index contributed by atoms with van der Waals surface area (Å²) in [6.07, 6.45) is 3.27. The summed E-state index contributed by atoms with van der Waals surface area (Å²) in [6.45, 7) is 2.62. The third-order valence-electron chi connectivity index (χ3n) is 4.36. The lowest BCUT2D eigenvalue weighted by Crippen LogP contribution is -2.15. The lowest BCUT2D eigenvalue weighted by atomic mass is 10.2. The minimum atomic E-state index is -0.117. The van der Waals surface area contributed by atoms with E-state index in [4.69, 9.17) is 0 Å². The van der Waals surface area contributed by atoms with E-state index in [2.05, 4.69) is 64.4 Å². The van der Waals surface area contributed by atoms with Gasteiger partial charge in [-0.2, -0.15) is 5.10 Å². The topological polar surface area (TPSA) is 72.7 Å². The zero-order valence-corrected chi connectivity index (χ0v) is 20.0. The van der Waals surface area contributed by atoms with E-state index in [0.717, 1.165) is 41.8 Å². The van der Waals surface area contributed by atoms with Crippen molar-refractivity contribution in [3.63, 3.8) is 0 Å². The predicted octanol–water partition coefficient (Wildman–Crippen LogP) is 5.44. The molecule has 0 aliphatic heterocycles. The lowest BCUT2D eigenvalue weighted by molar-refractivity contribution is -0.113. The Balaban J connectivity index is 1.47. The van der Waals surface area contributed by atoms with Crippen LogP contribution in [0.15, 0.2) is 69.0 Å². The van der Waals surface area contributed by atoms with E-state index in [-0.39, 0.29) is 11.7 Å². The average Bonchev–Trinajstić information content (AvgIpc) is 3.13. The maximum Gasteiger partial charge on any atom is 0.234 e. The minimum absolute atomic E-state index is 0.117. The normalized spacial score (nSPS) is 11.0. The van der Waals surface area contributed by atoms with Gasteiger partial charge in [0.1, 0.15) is 11.4 Å². The van der Waals surface area contributed by atoms with Crippen molar-refractivity contribution < 1.29 is 4.79 Å². The van der Waals surface area contributed by atoms with Crippen LogP contribution in [0, 0.1) is 6.92 Å². The summed E-state index contributed by atoms with van der Waals surface area (Å²) in [7, 11) is 0. The molecule has 0 unspecified atom stereocenters. The number of hydrogen-bond donors (Lipinski definition) is 1. The molecule has 0 saturated heterocycles. The van der Waals surface area contributed by atoms with Crippen molar-refractivity contribution in [1.29, 1.82) is 0 Å². The fraction of sp³-hybridized carbons (Fsp3) is 0.143. The summed E-state index contributed by atoms with van der Waals surface area (Å²) in [5, 5.41) is 8.98. The molecule has 1 amide bonds. The fourth-order valence-corrected chi connectivity index (χ4v) is 5.36. The summed E-state index contributed by atoms with van der Waals surface area (Å²) >= 11 is 8.37. The van der Waals surface area contributed by atoms with E-state index in [9.17, 15) is 4.79 Å². The van der Waals surface area contributed by atoms with Gasteiger partial charge in [-0.05, 0) is 62.0 Å². The number of fused-ring (bicyclic) bond motifs is 1. The van der Waals surface area contributed by atoms with Gasteiger partial charge < -0.3 is 5.32 Å². The van der Waals surface area contributed by atoms with E-state index in [1.54, 1.807) is 6.20 Å². The largest absolute Gasteiger partial charge is 0.323 e. The minimum Gasteiger partial charge on any atom is -0.323 e. The van der Waals surface area contributed by atoms with Crippen LogP contribution in [-0.2, 0) is 11.3 Å². The predicted molar refractivity (Wildman–Crippen MR) is 127 cm³/mol. The Kier molecular flexibility index (Phi) is 6.50. The zero-order valence-electron chi connectivity index (χ0n) is 16.0. The Labute approximate surface area is 194 Å². The second-order valence-corrected chi connectivity index (χ2v) is 9.32. The molecule has 9 heteroatoms. The SMILES string of the molecule is Cc1cc(Br)c(NC(=O)CSc2ncnc3c2cnn3Cc2ccccc2)c(Br)c1. The molecule has 1 N–H and O–H groups in total. The molecule has 6 nitrogen and oxygen atoms in total. The van der Waals surface area contributed by atoms with E-state index < -0.39 is 0 Å². The van der Waals surface area contributed by atoms with Gasteiger partial charge in [-0.15, -0.1) is 0 Å². The standard InChI is InChI=1S/C21H17Br2N5OS/c1-13-7-16(22)19(17(23)8-13)27-18(29)11-30-21-15-9-26-28(20(15)24-12-25-21)10-14-5-3-2-4-6-14/h2-9,12H,10-11H2,1H3,(H,27,29). The molecule has 4 rings (SSSR count). The molecule has 0 saturated carbocycles. The van der Waals surface area contributed by atoms with Gasteiger partial charge in [0.25, 0.3) is 0 Å². The third-order valence-corrected chi connectivity index (χ3v) is 6.62. The van der Waals surface area contributed by atoms with Gasteiger partial charge in [-0.1, -0.05) is 42.1 Å². The number of carbonyl (C=O) groups excluding carboxylic acids is 1. The Bertz CT molecular complexity index is 1190. The number of nitrogens with zero attached hydrogens (tertiary/aromatic N) is 4. The molecule has 4 aromatic rings. The van der Waals surface area contributed by atoms with Crippen LogP contribution < -0.4 is 5.32 Å². The molecular formula is C21H17Br2N5OS. The quantitative estimate of drug-likeness (QED) is 0.257. The number of thioether (sulfide) groups is 1. The molecule has 0 aliphatic carbocycles. The van der Waals surface area contributed by atoms with Crippen LogP contribution in [0.2, 0.25) is 0 Å². The highest BCUT2D eigenvalue weighted by Crippen LogP contribution is 2.33. The molecule has 0 spiro atoms. The summed E-state index contributed by atoms with van der Waals surface area (Å²) in [6, 6.07) is 14.0. The number of rotatable bonds is 6. The third kappa shape index (κ3) is 4.74. The van der Waals surface area contributed by atoms with Gasteiger partial charge in [0, 0.05) is 8.95 Å². The first-order valence-corrected chi connectivity index (χ1v) is 11.7. The summed E-state index contributed by atoms with van der Waals surface area (Å²) < 4.78 is 3.51. The number of nitrogens with one attached hydrogen (secondary N) is 1. The number of hydrogen-bond acceptors (Lipinski definition) is 5. The van der Waals surface area contributed by atoms with Crippen LogP contribution in [0.1, 0.15) is 11.1 Å². The number of carbonyl (C=O) groups is 1. The van der Waals surface area contributed by atoms with Gasteiger partial charge >= 0.3 is 0 Å². The van der Waals surface area contributed by atoms with Crippen LogP contribution in [-0.4, -0.2) is 31.4 Å². The number of benzene rings is 2. The number of anilines is 1. The van der Waals surface area contributed by atoms with Crippen LogP contribution in [0.4, 0.5) is 5.69 Å². The molecule has 2 aromatic carbocycles. The van der Waals surface area contributed by atoms with Crippen molar-refractivity contribution in [2.75, 3.05) is 11.1 Å². The first kappa shape index (κ1) is 21.0. The van der Waals surface area contributed by atoms with Crippen LogP contribution >= 0.6 is 43.6 Å². The fourth-order valence-electron chi connectivity index (χ4n) is 2.99. The molecule has 2 heterocycles. The maximum absolute atomic E-state index is 12.5. The molecule has 30 heavy (non-hydrogen) atoms. The smallest absolute Gasteiger partial charge is 0.234 e. The van der Waals surface area contributed by atoms with Gasteiger partial charge in [0.05, 0.1) is 29.6 Å². The Morgan fingerprint density at radius 1 is 1.13 bits per heavy atom. The molecule has 0 bridgehead atoms. The second-order valence-electron chi connectivity index (χ2n) is 6.64. The van der Waals surface area contributed by atoms with Crippen LogP contribution in [0.3, 0.4) is 0 Å². The van der Waals surface area contributed by atoms with Crippen LogP contribution in [0.5, 0.6) is 0 Å². The summed E-state index contributed by atoms with van der Waals surface area (Å²) in [4.78, 5) is 21.3. The maximum atomic E-state index is 12.5. The van der Waals surface area contributed by atoms with Crippen molar-refractivity contribution >= 4 is 66.2 Å². The Hall–Kier alpha value is -2.23. The second kappa shape index (κ2) is 9.28. The number of amides is 1. The van der Waals surface area contributed by atoms with E-state index in [1.807, 2.05) is 41.9 Å². The van der Waals surface area contributed by atoms with Crippen molar-refractivity contribution in [1.82, 2.24) is 19.7 Å². The zero-order chi connectivity index (χ0) is 21.1.